The van der Waals surface area contributed by atoms with Gasteiger partial charge in [0.25, 0.3) is 5.88 Å². The number of aryl methyl sites for hydroxylation is 2. The van der Waals surface area contributed by atoms with Crippen molar-refractivity contribution in [2.24, 2.45) is 0 Å². The van der Waals surface area contributed by atoms with E-state index in [1.165, 1.54) is 0 Å². The van der Waals surface area contributed by atoms with Gasteiger partial charge in [-0.3, -0.25) is 0 Å². The molecule has 4 rings (SSSR count). The van der Waals surface area contributed by atoms with Crippen LogP contribution in [0.3, 0.4) is 0 Å². The number of carbonyl (C=O) groups excluding carboxylic acids is 1. The van der Waals surface area contributed by atoms with E-state index in [9.17, 15) is 4.79 Å². The van der Waals surface area contributed by atoms with Gasteiger partial charge in [-0.25, -0.2) is 4.79 Å². The summed E-state index contributed by atoms with van der Waals surface area (Å²) in [6.45, 7) is 5.77. The van der Waals surface area contributed by atoms with Crippen molar-refractivity contribution in [3.8, 4) is 34.0 Å². The van der Waals surface area contributed by atoms with E-state index in [4.69, 9.17) is 21.1 Å². The van der Waals surface area contributed by atoms with Crippen LogP contribution in [0, 0.1) is 13.8 Å². The lowest BCUT2D eigenvalue weighted by molar-refractivity contribution is 0.0523. The molecule has 6 heteroatoms. The second-order valence-corrected chi connectivity index (χ2v) is 7.91. The molecule has 0 fully saturated rings. The lowest BCUT2D eigenvalue weighted by atomic mass is 9.95. The van der Waals surface area contributed by atoms with Crippen molar-refractivity contribution in [3.05, 3.63) is 94.5 Å². The molecule has 0 aliphatic rings. The number of carbonyl (C=O) groups is 1. The first-order chi connectivity index (χ1) is 16.0. The maximum absolute atomic E-state index is 13.2. The van der Waals surface area contributed by atoms with Crippen LogP contribution in [-0.2, 0) is 4.74 Å². The molecule has 0 unspecified atom stereocenters. The second kappa shape index (κ2) is 9.84. The molecule has 0 bridgehead atoms. The molecule has 5 nitrogen and oxygen atoms in total. The molecular formula is C27H23ClN2O3. The van der Waals surface area contributed by atoms with Gasteiger partial charge in [-0.2, -0.15) is 0 Å². The molecule has 0 N–H and O–H groups in total. The summed E-state index contributed by atoms with van der Waals surface area (Å²) in [5.74, 6) is 0.0645. The van der Waals surface area contributed by atoms with Gasteiger partial charge in [-0.05, 0) is 49.6 Å². The van der Waals surface area contributed by atoms with E-state index in [-0.39, 0.29) is 18.1 Å². The van der Waals surface area contributed by atoms with E-state index >= 15 is 0 Å². The number of aromatic nitrogens is 2. The van der Waals surface area contributed by atoms with Crippen molar-refractivity contribution in [1.29, 1.82) is 0 Å². The monoisotopic (exact) mass is 458 g/mol. The molecule has 0 saturated heterocycles. The zero-order chi connectivity index (χ0) is 23.4. The molecule has 0 aliphatic carbocycles. The predicted molar refractivity (Wildman–Crippen MR) is 130 cm³/mol. The van der Waals surface area contributed by atoms with Crippen LogP contribution in [-0.4, -0.2) is 22.8 Å². The van der Waals surface area contributed by atoms with Crippen molar-refractivity contribution in [1.82, 2.24) is 10.2 Å². The normalized spacial score (nSPS) is 10.7. The average molecular weight is 459 g/mol. The fraction of sp³-hybridized carbons (Fsp3) is 0.148. The highest BCUT2D eigenvalue weighted by molar-refractivity contribution is 6.32. The number of esters is 1. The average Bonchev–Trinajstić information content (AvgIpc) is 2.83. The third-order valence-electron chi connectivity index (χ3n) is 5.16. The van der Waals surface area contributed by atoms with E-state index in [1.54, 1.807) is 19.1 Å². The fourth-order valence-electron chi connectivity index (χ4n) is 3.65. The van der Waals surface area contributed by atoms with Gasteiger partial charge >= 0.3 is 5.97 Å². The molecule has 33 heavy (non-hydrogen) atoms. The van der Waals surface area contributed by atoms with Gasteiger partial charge in [0.2, 0.25) is 0 Å². The largest absolute Gasteiger partial charge is 0.462 e. The molecule has 0 amide bonds. The SMILES string of the molecule is CCOC(=O)c1c(Oc2cc(C)c(Cl)c(C)c2)nnc(-c2ccccc2)c1-c1ccccc1. The molecule has 3 aromatic carbocycles. The second-order valence-electron chi connectivity index (χ2n) is 7.53. The van der Waals surface area contributed by atoms with Crippen LogP contribution >= 0.6 is 11.6 Å². The molecule has 0 aliphatic heterocycles. The zero-order valence-electron chi connectivity index (χ0n) is 18.6. The summed E-state index contributed by atoms with van der Waals surface area (Å²) in [5.41, 5.74) is 4.76. The topological polar surface area (TPSA) is 61.3 Å². The number of ether oxygens (including phenoxy) is 2. The van der Waals surface area contributed by atoms with Crippen molar-refractivity contribution < 1.29 is 14.3 Å². The number of benzene rings is 3. The van der Waals surface area contributed by atoms with Gasteiger partial charge < -0.3 is 9.47 Å². The molecule has 0 saturated carbocycles. The summed E-state index contributed by atoms with van der Waals surface area (Å²) in [4.78, 5) is 13.2. The van der Waals surface area contributed by atoms with E-state index in [2.05, 4.69) is 10.2 Å². The summed E-state index contributed by atoms with van der Waals surface area (Å²) >= 11 is 6.31. The number of halogens is 1. The Kier molecular flexibility index (Phi) is 6.71. The van der Waals surface area contributed by atoms with Crippen LogP contribution < -0.4 is 4.74 Å². The minimum Gasteiger partial charge on any atom is -0.462 e. The van der Waals surface area contributed by atoms with Crippen LogP contribution in [0.4, 0.5) is 0 Å². The lowest BCUT2D eigenvalue weighted by Crippen LogP contribution is -2.12. The summed E-state index contributed by atoms with van der Waals surface area (Å²) in [6, 6.07) is 22.8. The van der Waals surface area contributed by atoms with Gasteiger partial charge in [0.15, 0.2) is 0 Å². The first-order valence-corrected chi connectivity index (χ1v) is 11.0. The standard InChI is InChI=1S/C27H23ClN2O3/c1-4-32-27(31)23-22(19-11-7-5-8-12-19)25(20-13-9-6-10-14-20)29-30-26(23)33-21-15-17(2)24(28)18(3)16-21/h5-16H,4H2,1-3H3. The van der Waals surface area contributed by atoms with Crippen molar-refractivity contribution in [3.63, 3.8) is 0 Å². The Labute approximate surface area is 198 Å². The van der Waals surface area contributed by atoms with Gasteiger partial charge in [-0.1, -0.05) is 72.3 Å². The molecule has 0 radical (unpaired) electrons. The molecule has 4 aromatic rings. The first kappa shape index (κ1) is 22.5. The van der Waals surface area contributed by atoms with Crippen molar-refractivity contribution >= 4 is 17.6 Å². The Bertz CT molecular complexity index is 1270. The minimum atomic E-state index is -0.527. The number of rotatable bonds is 6. The van der Waals surface area contributed by atoms with Gasteiger partial charge in [0.05, 0.1) is 6.61 Å². The highest BCUT2D eigenvalue weighted by atomic mass is 35.5. The minimum absolute atomic E-state index is 0.0770. The smallest absolute Gasteiger partial charge is 0.344 e. The number of hydrogen-bond donors (Lipinski definition) is 0. The molecule has 1 heterocycles. The molecule has 166 valence electrons. The third-order valence-corrected chi connectivity index (χ3v) is 5.75. The van der Waals surface area contributed by atoms with E-state index in [0.29, 0.717) is 22.0 Å². The highest BCUT2D eigenvalue weighted by Crippen LogP contribution is 2.39. The van der Waals surface area contributed by atoms with E-state index < -0.39 is 5.97 Å². The maximum atomic E-state index is 13.2. The van der Waals surface area contributed by atoms with Gasteiger partial charge in [0.1, 0.15) is 17.0 Å². The fourth-order valence-corrected chi connectivity index (χ4v) is 3.75. The summed E-state index contributed by atoms with van der Waals surface area (Å²) in [7, 11) is 0. The van der Waals surface area contributed by atoms with Crippen LogP contribution in [0.15, 0.2) is 72.8 Å². The highest BCUT2D eigenvalue weighted by Gasteiger charge is 2.27. The van der Waals surface area contributed by atoms with Crippen LogP contribution in [0.25, 0.3) is 22.4 Å². The third kappa shape index (κ3) is 4.73. The lowest BCUT2D eigenvalue weighted by Gasteiger charge is -2.17. The maximum Gasteiger partial charge on any atom is 0.344 e. The Morgan fingerprint density at radius 1 is 0.879 bits per heavy atom. The summed E-state index contributed by atoms with van der Waals surface area (Å²) < 4.78 is 11.5. The van der Waals surface area contributed by atoms with Gasteiger partial charge in [-0.15, -0.1) is 10.2 Å². The Balaban J connectivity index is 1.97. The molecule has 0 spiro atoms. The number of nitrogens with zero attached hydrogens (tertiary/aromatic N) is 2. The van der Waals surface area contributed by atoms with Crippen LogP contribution in [0.1, 0.15) is 28.4 Å². The molecule has 0 atom stereocenters. The van der Waals surface area contributed by atoms with Crippen LogP contribution in [0.2, 0.25) is 5.02 Å². The first-order valence-electron chi connectivity index (χ1n) is 10.6. The van der Waals surface area contributed by atoms with Gasteiger partial charge in [0, 0.05) is 16.1 Å². The number of hydrogen-bond acceptors (Lipinski definition) is 5. The van der Waals surface area contributed by atoms with Crippen LogP contribution in [0.5, 0.6) is 11.6 Å². The quantitative estimate of drug-likeness (QED) is 0.290. The van der Waals surface area contributed by atoms with E-state index in [0.717, 1.165) is 22.3 Å². The molecule has 1 aromatic heterocycles. The summed E-state index contributed by atoms with van der Waals surface area (Å²) in [6.07, 6.45) is 0. The van der Waals surface area contributed by atoms with Crippen molar-refractivity contribution in [2.75, 3.05) is 6.61 Å². The molecular weight excluding hydrogens is 436 g/mol. The van der Waals surface area contributed by atoms with E-state index in [1.807, 2.05) is 74.5 Å². The Morgan fingerprint density at radius 2 is 1.45 bits per heavy atom. The summed E-state index contributed by atoms with van der Waals surface area (Å²) in [5, 5.41) is 9.46. The predicted octanol–water partition coefficient (Wildman–Crippen LogP) is 7.05. The Morgan fingerprint density at radius 3 is 2.03 bits per heavy atom. The zero-order valence-corrected chi connectivity index (χ0v) is 19.4. The van der Waals surface area contributed by atoms with Crippen molar-refractivity contribution in [2.45, 2.75) is 20.8 Å². The Hall–Kier alpha value is -3.70.